The van der Waals surface area contributed by atoms with Gasteiger partial charge in [0, 0.05) is 55.3 Å². The summed E-state index contributed by atoms with van der Waals surface area (Å²) in [5.41, 5.74) is 2.22. The second kappa shape index (κ2) is 9.76. The number of carbonyl (C=O) groups excluding carboxylic acids is 2. The van der Waals surface area contributed by atoms with Crippen molar-refractivity contribution in [2.75, 3.05) is 50.9 Å². The van der Waals surface area contributed by atoms with E-state index in [1.807, 2.05) is 32.0 Å². The van der Waals surface area contributed by atoms with E-state index in [9.17, 15) is 9.59 Å². The van der Waals surface area contributed by atoms with Gasteiger partial charge in [0.25, 0.3) is 5.91 Å². The van der Waals surface area contributed by atoms with E-state index >= 15 is 0 Å². The van der Waals surface area contributed by atoms with Gasteiger partial charge in [0.1, 0.15) is 11.4 Å². The number of rotatable bonds is 8. The van der Waals surface area contributed by atoms with E-state index in [0.29, 0.717) is 48.0 Å². The van der Waals surface area contributed by atoms with E-state index in [1.54, 1.807) is 28.8 Å². The molecule has 1 fully saturated rings. The van der Waals surface area contributed by atoms with Gasteiger partial charge in [-0.25, -0.2) is 4.98 Å². The van der Waals surface area contributed by atoms with Crippen LogP contribution in [0.4, 0.5) is 11.5 Å². The zero-order valence-electron chi connectivity index (χ0n) is 19.0. The van der Waals surface area contributed by atoms with Gasteiger partial charge in [-0.2, -0.15) is 9.61 Å². The molecule has 2 N–H and O–H groups in total. The lowest BCUT2D eigenvalue weighted by Gasteiger charge is -2.16. The predicted octanol–water partition coefficient (Wildman–Crippen LogP) is 2.94. The van der Waals surface area contributed by atoms with Crippen molar-refractivity contribution in [2.45, 2.75) is 19.3 Å². The highest BCUT2D eigenvalue weighted by Gasteiger charge is 2.31. The number of anilines is 2. The summed E-state index contributed by atoms with van der Waals surface area (Å²) in [7, 11) is 4.01. The zero-order valence-corrected chi connectivity index (χ0v) is 19.8. The predicted molar refractivity (Wildman–Crippen MR) is 129 cm³/mol. The SMILES string of the molecule is CCN1C[C@@H](c2cc(NCCN(C)C)n3ncc(C(=O)Nc4ccc(Cl)cc4)c3n2)CC1=O. The number of hydrogen-bond acceptors (Lipinski definition) is 6. The second-order valence-electron chi connectivity index (χ2n) is 8.38. The minimum Gasteiger partial charge on any atom is -0.369 e. The summed E-state index contributed by atoms with van der Waals surface area (Å²) in [6.45, 7) is 4.79. The molecule has 2 amide bonds. The largest absolute Gasteiger partial charge is 0.369 e. The fraction of sp³-hybridized carbons (Fsp3) is 0.391. The summed E-state index contributed by atoms with van der Waals surface area (Å²) >= 11 is 5.94. The van der Waals surface area contributed by atoms with Gasteiger partial charge < -0.3 is 20.4 Å². The van der Waals surface area contributed by atoms with Crippen LogP contribution in [0.5, 0.6) is 0 Å². The van der Waals surface area contributed by atoms with E-state index in [0.717, 1.165) is 18.1 Å². The number of likely N-dealkylation sites (N-methyl/N-ethyl adjacent to an activating group) is 2. The fourth-order valence-corrected chi connectivity index (χ4v) is 4.02. The Hall–Kier alpha value is -3.17. The molecule has 1 aromatic carbocycles. The fourth-order valence-electron chi connectivity index (χ4n) is 3.89. The first-order valence-electron chi connectivity index (χ1n) is 11.0. The summed E-state index contributed by atoms with van der Waals surface area (Å²) in [4.78, 5) is 34.1. The van der Waals surface area contributed by atoms with Crippen LogP contribution >= 0.6 is 11.6 Å². The lowest BCUT2D eigenvalue weighted by molar-refractivity contribution is -0.127. The summed E-state index contributed by atoms with van der Waals surface area (Å²) in [6, 6.07) is 8.85. The maximum Gasteiger partial charge on any atom is 0.261 e. The van der Waals surface area contributed by atoms with Gasteiger partial charge in [-0.05, 0) is 45.3 Å². The first-order chi connectivity index (χ1) is 15.9. The van der Waals surface area contributed by atoms with Crippen molar-refractivity contribution in [3.63, 3.8) is 0 Å². The number of benzene rings is 1. The minimum atomic E-state index is -0.311. The van der Waals surface area contributed by atoms with Crippen LogP contribution in [-0.4, -0.2) is 76.5 Å². The Labute approximate surface area is 197 Å². The van der Waals surface area contributed by atoms with Gasteiger partial charge in [0.2, 0.25) is 5.91 Å². The number of nitrogens with zero attached hydrogens (tertiary/aromatic N) is 5. The molecule has 9 nitrogen and oxygen atoms in total. The first kappa shape index (κ1) is 23.0. The Bertz CT molecular complexity index is 1160. The zero-order chi connectivity index (χ0) is 23.5. The highest BCUT2D eigenvalue weighted by Crippen LogP contribution is 2.29. The average Bonchev–Trinajstić information content (AvgIpc) is 3.38. The third-order valence-electron chi connectivity index (χ3n) is 5.72. The Kier molecular flexibility index (Phi) is 6.80. The van der Waals surface area contributed by atoms with Gasteiger partial charge in [-0.15, -0.1) is 0 Å². The number of carbonyl (C=O) groups is 2. The van der Waals surface area contributed by atoms with Crippen molar-refractivity contribution in [2.24, 2.45) is 0 Å². The Morgan fingerprint density at radius 1 is 1.27 bits per heavy atom. The molecule has 0 spiro atoms. The number of likely N-dealkylation sites (tertiary alicyclic amines) is 1. The Morgan fingerprint density at radius 2 is 2.03 bits per heavy atom. The maximum atomic E-state index is 13.0. The van der Waals surface area contributed by atoms with Gasteiger partial charge >= 0.3 is 0 Å². The van der Waals surface area contributed by atoms with E-state index in [4.69, 9.17) is 16.6 Å². The molecule has 0 aliphatic carbocycles. The standard InChI is InChI=1S/C23H28ClN7O2/c1-4-30-14-15(11-21(30)32)19-12-20(25-9-10-29(2)3)31-22(28-19)18(13-26-31)23(33)27-17-7-5-16(24)6-8-17/h5-8,12-13,15,25H,4,9-11,14H2,1-3H3,(H,27,33)/t15-/m0/s1. The van der Waals surface area contributed by atoms with Gasteiger partial charge in [0.05, 0.1) is 11.9 Å². The molecule has 1 aliphatic rings. The Morgan fingerprint density at radius 3 is 2.70 bits per heavy atom. The van der Waals surface area contributed by atoms with Gasteiger partial charge in [-0.3, -0.25) is 9.59 Å². The van der Waals surface area contributed by atoms with Crippen molar-refractivity contribution in [1.29, 1.82) is 0 Å². The molecule has 174 valence electrons. The monoisotopic (exact) mass is 469 g/mol. The molecule has 1 aliphatic heterocycles. The summed E-state index contributed by atoms with van der Waals surface area (Å²) < 4.78 is 1.64. The number of halogens is 1. The van der Waals surface area contributed by atoms with Crippen LogP contribution in [-0.2, 0) is 4.79 Å². The highest BCUT2D eigenvalue weighted by atomic mass is 35.5. The lowest BCUT2D eigenvalue weighted by atomic mass is 10.0. The van der Waals surface area contributed by atoms with Crippen LogP contribution in [0.2, 0.25) is 5.02 Å². The normalized spacial score (nSPS) is 16.1. The highest BCUT2D eigenvalue weighted by molar-refractivity contribution is 6.30. The number of aromatic nitrogens is 3. The first-order valence-corrected chi connectivity index (χ1v) is 11.4. The second-order valence-corrected chi connectivity index (χ2v) is 8.82. The Balaban J connectivity index is 1.68. The maximum absolute atomic E-state index is 13.0. The van der Waals surface area contributed by atoms with E-state index in [2.05, 4.69) is 20.6 Å². The molecule has 3 heterocycles. The smallest absolute Gasteiger partial charge is 0.261 e. The number of amides is 2. The molecular weight excluding hydrogens is 442 g/mol. The van der Waals surface area contributed by atoms with Gasteiger partial charge in [0.15, 0.2) is 5.65 Å². The molecule has 0 radical (unpaired) electrons. The minimum absolute atomic E-state index is 0.0288. The molecule has 1 saturated heterocycles. The topological polar surface area (TPSA) is 94.9 Å². The van der Waals surface area contributed by atoms with Crippen LogP contribution < -0.4 is 10.6 Å². The van der Waals surface area contributed by atoms with E-state index in [1.165, 1.54) is 6.20 Å². The quantitative estimate of drug-likeness (QED) is 0.526. The van der Waals surface area contributed by atoms with Crippen LogP contribution in [0.1, 0.15) is 35.3 Å². The molecule has 1 atom stereocenters. The molecule has 0 unspecified atom stereocenters. The molecule has 0 saturated carbocycles. The summed E-state index contributed by atoms with van der Waals surface area (Å²) in [5, 5.41) is 11.3. The molecular formula is C23H28ClN7O2. The van der Waals surface area contributed by atoms with Crippen LogP contribution in [0.3, 0.4) is 0 Å². The van der Waals surface area contributed by atoms with Crippen LogP contribution in [0.25, 0.3) is 5.65 Å². The van der Waals surface area contributed by atoms with Crippen molar-refractivity contribution in [3.8, 4) is 0 Å². The molecule has 33 heavy (non-hydrogen) atoms. The molecule has 0 bridgehead atoms. The molecule has 3 aromatic rings. The van der Waals surface area contributed by atoms with Crippen molar-refractivity contribution >= 4 is 40.6 Å². The third kappa shape index (κ3) is 5.09. The average molecular weight is 470 g/mol. The van der Waals surface area contributed by atoms with E-state index in [-0.39, 0.29) is 17.7 Å². The van der Waals surface area contributed by atoms with Crippen LogP contribution in [0, 0.1) is 0 Å². The van der Waals surface area contributed by atoms with Crippen molar-refractivity contribution in [3.05, 3.63) is 52.8 Å². The number of hydrogen-bond donors (Lipinski definition) is 2. The van der Waals surface area contributed by atoms with Crippen LogP contribution in [0.15, 0.2) is 36.5 Å². The number of fused-ring (bicyclic) bond motifs is 1. The summed E-state index contributed by atoms with van der Waals surface area (Å²) in [6.07, 6.45) is 1.93. The lowest BCUT2D eigenvalue weighted by Crippen LogP contribution is -2.24. The molecule has 4 rings (SSSR count). The summed E-state index contributed by atoms with van der Waals surface area (Å²) in [5.74, 6) is 0.526. The number of nitrogens with one attached hydrogen (secondary N) is 2. The van der Waals surface area contributed by atoms with Crippen molar-refractivity contribution in [1.82, 2.24) is 24.4 Å². The third-order valence-corrected chi connectivity index (χ3v) is 5.97. The van der Waals surface area contributed by atoms with E-state index < -0.39 is 0 Å². The molecule has 2 aromatic heterocycles. The van der Waals surface area contributed by atoms with Crippen molar-refractivity contribution < 1.29 is 9.59 Å². The molecule has 10 heteroatoms. The van der Waals surface area contributed by atoms with Gasteiger partial charge in [-0.1, -0.05) is 11.6 Å².